The maximum absolute atomic E-state index is 6.00. The standard InChI is InChI=1S/C14H23BN2O2/c1-6-10-16-12-9-7-8-11(17-12)15-18-13(2,3)14(4,5)19-15/h7-9H,6,10H2,1-5H3,(H,16,17). The molecule has 0 amide bonds. The molecule has 0 aromatic carbocycles. The second kappa shape index (κ2) is 5.14. The number of pyridine rings is 1. The van der Waals surface area contributed by atoms with Gasteiger partial charge >= 0.3 is 7.12 Å². The van der Waals surface area contributed by atoms with Crippen LogP contribution in [0, 0.1) is 0 Å². The fourth-order valence-corrected chi connectivity index (χ4v) is 1.90. The lowest BCUT2D eigenvalue weighted by Gasteiger charge is -2.32. The molecule has 0 spiro atoms. The highest BCUT2D eigenvalue weighted by Gasteiger charge is 2.52. The van der Waals surface area contributed by atoms with Gasteiger partial charge in [-0.25, -0.2) is 4.98 Å². The van der Waals surface area contributed by atoms with Crippen molar-refractivity contribution in [2.45, 2.75) is 52.2 Å². The average molecular weight is 262 g/mol. The van der Waals surface area contributed by atoms with Crippen LogP contribution in [0.25, 0.3) is 0 Å². The van der Waals surface area contributed by atoms with Crippen molar-refractivity contribution in [3.05, 3.63) is 18.2 Å². The number of hydrogen-bond acceptors (Lipinski definition) is 4. The van der Waals surface area contributed by atoms with Crippen molar-refractivity contribution in [3.63, 3.8) is 0 Å². The normalized spacial score (nSPS) is 20.6. The minimum Gasteiger partial charge on any atom is -0.398 e. The predicted octanol–water partition coefficient (Wildman–Crippen LogP) is 2.20. The summed E-state index contributed by atoms with van der Waals surface area (Å²) in [6.45, 7) is 11.2. The largest absolute Gasteiger partial charge is 0.514 e. The van der Waals surface area contributed by atoms with Crippen molar-refractivity contribution < 1.29 is 9.31 Å². The number of nitrogens with zero attached hydrogens (tertiary/aromatic N) is 1. The number of nitrogens with one attached hydrogen (secondary N) is 1. The van der Waals surface area contributed by atoms with Gasteiger partial charge in [-0.15, -0.1) is 0 Å². The van der Waals surface area contributed by atoms with Gasteiger partial charge in [-0.1, -0.05) is 13.0 Å². The van der Waals surface area contributed by atoms with Crippen LogP contribution in [0.5, 0.6) is 0 Å². The SMILES string of the molecule is CCCNc1cccc(B2OC(C)(C)C(C)(C)O2)n1. The quantitative estimate of drug-likeness (QED) is 0.845. The summed E-state index contributed by atoms with van der Waals surface area (Å²) in [7, 11) is -0.395. The molecule has 1 N–H and O–H groups in total. The van der Waals surface area contributed by atoms with Crippen molar-refractivity contribution in [2.75, 3.05) is 11.9 Å². The topological polar surface area (TPSA) is 43.4 Å². The summed E-state index contributed by atoms with van der Waals surface area (Å²) in [5.74, 6) is 0.870. The van der Waals surface area contributed by atoms with Gasteiger partial charge in [0.2, 0.25) is 0 Å². The van der Waals surface area contributed by atoms with Gasteiger partial charge in [0.15, 0.2) is 0 Å². The van der Waals surface area contributed by atoms with Gasteiger partial charge in [-0.3, -0.25) is 0 Å². The first-order valence-electron chi connectivity index (χ1n) is 6.92. The van der Waals surface area contributed by atoms with E-state index in [2.05, 4.69) is 17.2 Å². The molecular weight excluding hydrogens is 239 g/mol. The molecule has 0 bridgehead atoms. The van der Waals surface area contributed by atoms with Crippen LogP contribution in [-0.4, -0.2) is 29.8 Å². The predicted molar refractivity (Wildman–Crippen MR) is 78.7 cm³/mol. The number of rotatable bonds is 4. The van der Waals surface area contributed by atoms with E-state index in [1.807, 2.05) is 45.9 Å². The summed E-state index contributed by atoms with van der Waals surface area (Å²) in [4.78, 5) is 4.56. The van der Waals surface area contributed by atoms with E-state index < -0.39 is 7.12 Å². The molecule has 2 rings (SSSR count). The lowest BCUT2D eigenvalue weighted by Crippen LogP contribution is -2.41. The van der Waals surface area contributed by atoms with Crippen LogP contribution >= 0.6 is 0 Å². The highest BCUT2D eigenvalue weighted by atomic mass is 16.7. The molecule has 0 saturated carbocycles. The zero-order chi connectivity index (χ0) is 14.1. The first-order chi connectivity index (χ1) is 8.86. The first-order valence-corrected chi connectivity index (χ1v) is 6.92. The van der Waals surface area contributed by atoms with Crippen LogP contribution in [0.2, 0.25) is 0 Å². The first kappa shape index (κ1) is 14.3. The highest BCUT2D eigenvalue weighted by Crippen LogP contribution is 2.36. The Bertz CT molecular complexity index is 433. The van der Waals surface area contributed by atoms with Crippen molar-refractivity contribution in [2.24, 2.45) is 0 Å². The Morgan fingerprint density at radius 1 is 1.16 bits per heavy atom. The summed E-state index contributed by atoms with van der Waals surface area (Å²) >= 11 is 0. The Hall–Kier alpha value is -1.07. The molecule has 0 atom stereocenters. The molecule has 5 heteroatoms. The molecule has 1 aromatic heterocycles. The third-order valence-corrected chi connectivity index (χ3v) is 3.82. The van der Waals surface area contributed by atoms with Crippen molar-refractivity contribution in [3.8, 4) is 0 Å². The van der Waals surface area contributed by atoms with Crippen molar-refractivity contribution >= 4 is 18.5 Å². The molecule has 1 aliphatic rings. The van der Waals surface area contributed by atoms with Gasteiger partial charge in [0, 0.05) is 6.54 Å². The average Bonchev–Trinajstić information content (AvgIpc) is 2.56. The summed E-state index contributed by atoms with van der Waals surface area (Å²) in [5, 5.41) is 3.28. The Labute approximate surface area is 116 Å². The smallest absolute Gasteiger partial charge is 0.398 e. The van der Waals surface area contributed by atoms with Crippen molar-refractivity contribution in [1.29, 1.82) is 0 Å². The maximum atomic E-state index is 6.00. The van der Waals surface area contributed by atoms with Gasteiger partial charge < -0.3 is 14.6 Å². The van der Waals surface area contributed by atoms with Gasteiger partial charge in [-0.05, 0) is 46.2 Å². The molecule has 1 aliphatic heterocycles. The van der Waals surface area contributed by atoms with Crippen LogP contribution in [-0.2, 0) is 9.31 Å². The van der Waals surface area contributed by atoms with Gasteiger partial charge in [-0.2, -0.15) is 0 Å². The molecule has 1 saturated heterocycles. The van der Waals surface area contributed by atoms with E-state index in [1.165, 1.54) is 0 Å². The minimum absolute atomic E-state index is 0.327. The molecule has 0 unspecified atom stereocenters. The molecule has 0 aliphatic carbocycles. The Morgan fingerprint density at radius 3 is 2.37 bits per heavy atom. The molecule has 19 heavy (non-hydrogen) atoms. The zero-order valence-electron chi connectivity index (χ0n) is 12.5. The van der Waals surface area contributed by atoms with Crippen molar-refractivity contribution in [1.82, 2.24) is 4.98 Å². The molecule has 4 nitrogen and oxygen atoms in total. The van der Waals surface area contributed by atoms with Gasteiger partial charge in [0.05, 0.1) is 16.8 Å². The van der Waals surface area contributed by atoms with E-state index >= 15 is 0 Å². The fraction of sp³-hybridized carbons (Fsp3) is 0.643. The van der Waals surface area contributed by atoms with E-state index in [1.54, 1.807) is 0 Å². The van der Waals surface area contributed by atoms with Crippen LogP contribution in [0.1, 0.15) is 41.0 Å². The molecule has 1 aromatic rings. The van der Waals surface area contributed by atoms with Crippen LogP contribution < -0.4 is 10.9 Å². The molecule has 2 heterocycles. The fourth-order valence-electron chi connectivity index (χ4n) is 1.90. The monoisotopic (exact) mass is 262 g/mol. The third kappa shape index (κ3) is 2.93. The van der Waals surface area contributed by atoms with E-state index in [-0.39, 0.29) is 11.2 Å². The Balaban J connectivity index is 2.15. The number of aromatic nitrogens is 1. The second-order valence-electron chi connectivity index (χ2n) is 5.96. The van der Waals surface area contributed by atoms with Crippen LogP contribution in [0.15, 0.2) is 18.2 Å². The lowest BCUT2D eigenvalue weighted by molar-refractivity contribution is 0.00578. The van der Waals surface area contributed by atoms with Gasteiger partial charge in [0.25, 0.3) is 0 Å². The lowest BCUT2D eigenvalue weighted by atomic mass is 9.84. The van der Waals surface area contributed by atoms with E-state index in [9.17, 15) is 0 Å². The summed E-state index contributed by atoms with van der Waals surface area (Å²) in [6.07, 6.45) is 1.07. The molecule has 0 radical (unpaired) electrons. The Kier molecular flexibility index (Phi) is 3.88. The second-order valence-corrected chi connectivity index (χ2v) is 5.96. The van der Waals surface area contributed by atoms with E-state index in [0.29, 0.717) is 0 Å². The van der Waals surface area contributed by atoms with Crippen LogP contribution in [0.4, 0.5) is 5.82 Å². The summed E-state index contributed by atoms with van der Waals surface area (Å²) in [6, 6.07) is 5.88. The van der Waals surface area contributed by atoms with E-state index in [0.717, 1.165) is 24.4 Å². The number of anilines is 1. The summed E-state index contributed by atoms with van der Waals surface area (Å²) in [5.41, 5.74) is 0.165. The maximum Gasteiger partial charge on any atom is 0.514 e. The van der Waals surface area contributed by atoms with Crippen LogP contribution in [0.3, 0.4) is 0 Å². The van der Waals surface area contributed by atoms with Gasteiger partial charge in [0.1, 0.15) is 5.82 Å². The minimum atomic E-state index is -0.395. The summed E-state index contributed by atoms with van der Waals surface area (Å²) < 4.78 is 12.0. The highest BCUT2D eigenvalue weighted by molar-refractivity contribution is 6.61. The zero-order valence-corrected chi connectivity index (χ0v) is 12.5. The third-order valence-electron chi connectivity index (χ3n) is 3.82. The molecule has 104 valence electrons. The number of hydrogen-bond donors (Lipinski definition) is 1. The Morgan fingerprint density at radius 2 is 1.79 bits per heavy atom. The van der Waals surface area contributed by atoms with E-state index in [4.69, 9.17) is 9.31 Å². The molecule has 1 fully saturated rings. The molecular formula is C14H23BN2O2.